The highest BCUT2D eigenvalue weighted by Crippen LogP contribution is 2.25. The van der Waals surface area contributed by atoms with Crippen LogP contribution in [-0.2, 0) is 17.6 Å². The van der Waals surface area contributed by atoms with E-state index >= 15 is 0 Å². The summed E-state index contributed by atoms with van der Waals surface area (Å²) in [6, 6.07) is 14.0. The number of likely N-dealkylation sites (tertiary alicyclic amines) is 1. The Hall–Kier alpha value is -3.15. The van der Waals surface area contributed by atoms with Crippen LogP contribution < -0.4 is 4.74 Å². The first kappa shape index (κ1) is 21.1. The van der Waals surface area contributed by atoms with Gasteiger partial charge in [0.1, 0.15) is 5.75 Å². The number of piperidine rings is 1. The number of methoxy groups -OCH3 is 1. The van der Waals surface area contributed by atoms with Crippen LogP contribution in [0.5, 0.6) is 5.75 Å². The van der Waals surface area contributed by atoms with E-state index in [-0.39, 0.29) is 5.91 Å². The Labute approximate surface area is 183 Å². The van der Waals surface area contributed by atoms with E-state index in [2.05, 4.69) is 10.1 Å². The molecule has 162 valence electrons. The fourth-order valence-electron chi connectivity index (χ4n) is 4.31. The van der Waals surface area contributed by atoms with Crippen molar-refractivity contribution in [2.24, 2.45) is 5.92 Å². The first-order valence-corrected chi connectivity index (χ1v) is 10.8. The van der Waals surface area contributed by atoms with Gasteiger partial charge in [0.15, 0.2) is 0 Å². The molecule has 2 heterocycles. The van der Waals surface area contributed by atoms with Crippen LogP contribution in [0, 0.1) is 19.8 Å². The van der Waals surface area contributed by atoms with Gasteiger partial charge in [0, 0.05) is 25.1 Å². The Morgan fingerprint density at radius 2 is 2.03 bits per heavy atom. The van der Waals surface area contributed by atoms with Crippen molar-refractivity contribution in [3.63, 3.8) is 0 Å². The third-order valence-corrected chi connectivity index (χ3v) is 6.00. The van der Waals surface area contributed by atoms with Gasteiger partial charge in [-0.05, 0) is 55.4 Å². The van der Waals surface area contributed by atoms with Gasteiger partial charge in [-0.1, -0.05) is 41.6 Å². The molecule has 1 aliphatic rings. The number of hydrogen-bond acceptors (Lipinski definition) is 5. The van der Waals surface area contributed by atoms with Crippen LogP contribution in [0.25, 0.3) is 11.4 Å². The second kappa shape index (κ2) is 9.33. The van der Waals surface area contributed by atoms with Crippen LogP contribution in [0.2, 0.25) is 0 Å². The summed E-state index contributed by atoms with van der Waals surface area (Å²) in [5, 5.41) is 4.17. The largest absolute Gasteiger partial charge is 0.496 e. The molecule has 1 aromatic heterocycles. The highest BCUT2D eigenvalue weighted by Gasteiger charge is 2.26. The lowest BCUT2D eigenvalue weighted by molar-refractivity contribution is -0.132. The Bertz CT molecular complexity index is 1060. The second-order valence-corrected chi connectivity index (χ2v) is 8.36. The number of rotatable bonds is 6. The molecular weight excluding hydrogens is 390 g/mol. The van der Waals surface area contributed by atoms with E-state index < -0.39 is 0 Å². The van der Waals surface area contributed by atoms with Gasteiger partial charge in [0.25, 0.3) is 0 Å². The Kier molecular flexibility index (Phi) is 6.35. The van der Waals surface area contributed by atoms with E-state index in [4.69, 9.17) is 9.26 Å². The third-order valence-electron chi connectivity index (χ3n) is 6.00. The third kappa shape index (κ3) is 4.95. The van der Waals surface area contributed by atoms with E-state index in [1.807, 2.05) is 61.2 Å². The highest BCUT2D eigenvalue weighted by atomic mass is 16.5. The number of hydrogen-bond donors (Lipinski definition) is 0. The van der Waals surface area contributed by atoms with Crippen molar-refractivity contribution in [3.05, 3.63) is 65.0 Å². The minimum absolute atomic E-state index is 0.167. The number of aryl methyl sites for hydroxylation is 2. The lowest BCUT2D eigenvalue weighted by Crippen LogP contribution is -2.41. The molecule has 0 N–H and O–H groups in total. The molecule has 3 aromatic rings. The van der Waals surface area contributed by atoms with Crippen LogP contribution >= 0.6 is 0 Å². The van der Waals surface area contributed by atoms with Crippen molar-refractivity contribution in [2.75, 3.05) is 20.2 Å². The summed E-state index contributed by atoms with van der Waals surface area (Å²) in [4.78, 5) is 19.5. The lowest BCUT2D eigenvalue weighted by atomic mass is 9.94. The van der Waals surface area contributed by atoms with Crippen LogP contribution in [0.4, 0.5) is 0 Å². The number of aromatic nitrogens is 2. The zero-order valence-electron chi connectivity index (χ0n) is 18.4. The van der Waals surface area contributed by atoms with Gasteiger partial charge in [0.2, 0.25) is 17.6 Å². The lowest BCUT2D eigenvalue weighted by Gasteiger charge is -2.32. The molecule has 1 saturated heterocycles. The molecule has 1 atom stereocenters. The van der Waals surface area contributed by atoms with Crippen molar-refractivity contribution in [1.82, 2.24) is 15.0 Å². The highest BCUT2D eigenvalue weighted by molar-refractivity contribution is 5.79. The molecule has 0 aliphatic carbocycles. The molecule has 4 rings (SSSR count). The normalized spacial score (nSPS) is 16.4. The van der Waals surface area contributed by atoms with Gasteiger partial charge in [-0.15, -0.1) is 0 Å². The van der Waals surface area contributed by atoms with Gasteiger partial charge < -0.3 is 14.2 Å². The summed E-state index contributed by atoms with van der Waals surface area (Å²) in [7, 11) is 1.66. The predicted octanol–water partition coefficient (Wildman–Crippen LogP) is 4.39. The topological polar surface area (TPSA) is 68.5 Å². The molecule has 6 heteroatoms. The first-order valence-electron chi connectivity index (χ1n) is 10.8. The zero-order chi connectivity index (χ0) is 21.8. The van der Waals surface area contributed by atoms with E-state index in [1.54, 1.807) is 7.11 Å². The van der Waals surface area contributed by atoms with Gasteiger partial charge in [-0.25, -0.2) is 0 Å². The predicted molar refractivity (Wildman–Crippen MR) is 119 cm³/mol. The van der Waals surface area contributed by atoms with Gasteiger partial charge in [0.05, 0.1) is 13.5 Å². The Balaban J connectivity index is 1.37. The Morgan fingerprint density at radius 1 is 1.19 bits per heavy atom. The summed E-state index contributed by atoms with van der Waals surface area (Å²) in [5.74, 6) is 2.62. The summed E-state index contributed by atoms with van der Waals surface area (Å²) in [6.07, 6.45) is 3.17. The van der Waals surface area contributed by atoms with Crippen molar-refractivity contribution >= 4 is 5.91 Å². The maximum absolute atomic E-state index is 12.9. The number of ether oxygens (including phenoxy) is 1. The van der Waals surface area contributed by atoms with Crippen molar-refractivity contribution in [3.8, 4) is 17.1 Å². The average molecular weight is 420 g/mol. The molecule has 1 aliphatic heterocycles. The van der Waals surface area contributed by atoms with Crippen molar-refractivity contribution in [1.29, 1.82) is 0 Å². The summed E-state index contributed by atoms with van der Waals surface area (Å²) in [6.45, 7) is 5.58. The molecule has 0 saturated carbocycles. The summed E-state index contributed by atoms with van der Waals surface area (Å²) in [5.41, 5.74) is 4.18. The molecule has 6 nitrogen and oxygen atoms in total. The van der Waals surface area contributed by atoms with E-state index in [0.29, 0.717) is 30.5 Å². The monoisotopic (exact) mass is 419 g/mol. The van der Waals surface area contributed by atoms with Gasteiger partial charge >= 0.3 is 0 Å². The molecular formula is C25H29N3O3. The zero-order valence-corrected chi connectivity index (χ0v) is 18.4. The first-order chi connectivity index (χ1) is 15.0. The van der Waals surface area contributed by atoms with Crippen LogP contribution in [-0.4, -0.2) is 41.1 Å². The number of nitrogens with zero attached hydrogens (tertiary/aromatic N) is 3. The number of carbonyl (C=O) groups is 1. The fraction of sp³-hybridized carbons (Fsp3) is 0.400. The standard InChI is InChI=1S/C25H29N3O3/c1-17-7-4-5-9-21(17)25-26-23(31-27-25)14-20-8-6-12-28(16-20)24(29)15-19-10-11-22(30-3)18(2)13-19/h4-5,7,9-11,13,20H,6,8,12,14-16H2,1-3H3. The van der Waals surface area contributed by atoms with Gasteiger partial charge in [-0.3, -0.25) is 4.79 Å². The number of amides is 1. The fourth-order valence-corrected chi connectivity index (χ4v) is 4.31. The van der Waals surface area contributed by atoms with E-state index in [0.717, 1.165) is 53.9 Å². The molecule has 1 fully saturated rings. The molecule has 0 spiro atoms. The summed E-state index contributed by atoms with van der Waals surface area (Å²) < 4.78 is 10.8. The van der Waals surface area contributed by atoms with E-state index in [1.165, 1.54) is 0 Å². The maximum atomic E-state index is 12.9. The SMILES string of the molecule is COc1ccc(CC(=O)N2CCCC(Cc3nc(-c4ccccc4C)no3)C2)cc1C. The molecule has 0 radical (unpaired) electrons. The second-order valence-electron chi connectivity index (χ2n) is 8.36. The van der Waals surface area contributed by atoms with Crippen LogP contribution in [0.15, 0.2) is 47.0 Å². The number of carbonyl (C=O) groups excluding carboxylic acids is 1. The average Bonchev–Trinajstić information content (AvgIpc) is 3.22. The van der Waals surface area contributed by atoms with Crippen molar-refractivity contribution in [2.45, 2.75) is 39.5 Å². The molecule has 31 heavy (non-hydrogen) atoms. The molecule has 1 unspecified atom stereocenters. The smallest absolute Gasteiger partial charge is 0.227 e. The molecule has 0 bridgehead atoms. The van der Waals surface area contributed by atoms with Crippen LogP contribution in [0.1, 0.15) is 35.4 Å². The molecule has 2 aromatic carbocycles. The molecule has 1 amide bonds. The maximum Gasteiger partial charge on any atom is 0.227 e. The number of benzene rings is 2. The van der Waals surface area contributed by atoms with Crippen LogP contribution in [0.3, 0.4) is 0 Å². The Morgan fingerprint density at radius 3 is 2.81 bits per heavy atom. The van der Waals surface area contributed by atoms with E-state index in [9.17, 15) is 4.79 Å². The van der Waals surface area contributed by atoms with Gasteiger partial charge in [-0.2, -0.15) is 4.98 Å². The minimum atomic E-state index is 0.167. The summed E-state index contributed by atoms with van der Waals surface area (Å²) >= 11 is 0. The quantitative estimate of drug-likeness (QED) is 0.593. The van der Waals surface area contributed by atoms with Crippen molar-refractivity contribution < 1.29 is 14.1 Å². The minimum Gasteiger partial charge on any atom is -0.496 e.